The van der Waals surface area contributed by atoms with Gasteiger partial charge in [0.25, 0.3) is 11.8 Å². The van der Waals surface area contributed by atoms with Crippen molar-refractivity contribution in [3.8, 4) is 0 Å². The highest BCUT2D eigenvalue weighted by atomic mass is 16.2. The lowest BCUT2D eigenvalue weighted by Gasteiger charge is -2.13. The molecule has 0 aliphatic carbocycles. The second-order valence-electron chi connectivity index (χ2n) is 7.54. The van der Waals surface area contributed by atoms with Gasteiger partial charge in [0, 0.05) is 37.8 Å². The van der Waals surface area contributed by atoms with Gasteiger partial charge >= 0.3 is 0 Å². The van der Waals surface area contributed by atoms with Gasteiger partial charge in [0.1, 0.15) is 0 Å². The Morgan fingerprint density at radius 1 is 0.800 bits per heavy atom. The summed E-state index contributed by atoms with van der Waals surface area (Å²) < 4.78 is 2.14. The normalized spacial score (nSPS) is 13.1. The van der Waals surface area contributed by atoms with Crippen LogP contribution in [0.2, 0.25) is 0 Å². The predicted molar refractivity (Wildman–Crippen MR) is 115 cm³/mol. The minimum atomic E-state index is -0.217. The molecule has 4 rings (SSSR count). The molecule has 1 aliphatic rings. The molecule has 0 unspecified atom stereocenters. The fourth-order valence-corrected chi connectivity index (χ4v) is 3.91. The maximum Gasteiger partial charge on any atom is 0.261 e. The maximum absolute atomic E-state index is 12.3. The van der Waals surface area contributed by atoms with E-state index in [9.17, 15) is 14.4 Å². The van der Waals surface area contributed by atoms with E-state index in [1.165, 1.54) is 15.8 Å². The van der Waals surface area contributed by atoms with Gasteiger partial charge in [0.15, 0.2) is 0 Å². The number of nitrogens with zero attached hydrogens (tertiary/aromatic N) is 2. The molecule has 30 heavy (non-hydrogen) atoms. The molecule has 0 bridgehead atoms. The summed E-state index contributed by atoms with van der Waals surface area (Å²) in [6, 6.07) is 17.2. The van der Waals surface area contributed by atoms with Crippen LogP contribution in [0.15, 0.2) is 60.8 Å². The Kier molecular flexibility index (Phi) is 5.93. The van der Waals surface area contributed by atoms with E-state index < -0.39 is 0 Å². The van der Waals surface area contributed by atoms with Gasteiger partial charge in [0.2, 0.25) is 5.91 Å². The first-order valence-electron chi connectivity index (χ1n) is 10.4. The van der Waals surface area contributed by atoms with Crippen molar-refractivity contribution in [1.29, 1.82) is 0 Å². The number of para-hydroxylation sites is 1. The van der Waals surface area contributed by atoms with Crippen molar-refractivity contribution in [3.63, 3.8) is 0 Å². The van der Waals surface area contributed by atoms with Crippen molar-refractivity contribution in [2.45, 2.75) is 32.2 Å². The molecule has 0 fully saturated rings. The second-order valence-corrected chi connectivity index (χ2v) is 7.54. The number of hydrogen-bond acceptors (Lipinski definition) is 3. The minimum absolute atomic E-state index is 0.0344. The zero-order valence-corrected chi connectivity index (χ0v) is 16.8. The van der Waals surface area contributed by atoms with E-state index in [0.717, 1.165) is 19.4 Å². The Bertz CT molecular complexity index is 1050. The molecule has 3 aromatic rings. The summed E-state index contributed by atoms with van der Waals surface area (Å²) in [5, 5.41) is 4.16. The maximum atomic E-state index is 12.3. The van der Waals surface area contributed by atoms with Gasteiger partial charge in [-0.25, -0.2) is 0 Å². The summed E-state index contributed by atoms with van der Waals surface area (Å²) in [6.45, 7) is 1.72. The molecule has 0 saturated carbocycles. The van der Waals surface area contributed by atoms with Crippen LogP contribution in [-0.4, -0.2) is 40.3 Å². The van der Waals surface area contributed by atoms with Gasteiger partial charge in [-0.15, -0.1) is 0 Å². The highest BCUT2D eigenvalue weighted by molar-refractivity contribution is 6.21. The van der Waals surface area contributed by atoms with E-state index >= 15 is 0 Å². The SMILES string of the molecule is O=C(CCCCCN1C(=O)c2ccccc2C1=O)NCCn1ccc2ccccc21. The number of amides is 3. The number of carbonyl (C=O) groups excluding carboxylic acids is 3. The lowest BCUT2D eigenvalue weighted by molar-refractivity contribution is -0.121. The number of benzene rings is 2. The number of aromatic nitrogens is 1. The van der Waals surface area contributed by atoms with Crippen LogP contribution in [0.3, 0.4) is 0 Å². The molecule has 1 N–H and O–H groups in total. The van der Waals surface area contributed by atoms with Crippen LogP contribution >= 0.6 is 0 Å². The molecule has 6 heteroatoms. The van der Waals surface area contributed by atoms with E-state index in [-0.39, 0.29) is 17.7 Å². The number of unbranched alkanes of at least 4 members (excludes halogenated alkanes) is 2. The van der Waals surface area contributed by atoms with Crippen LogP contribution in [0, 0.1) is 0 Å². The molecule has 1 aromatic heterocycles. The zero-order chi connectivity index (χ0) is 20.9. The first kappa shape index (κ1) is 19.9. The van der Waals surface area contributed by atoms with Crippen molar-refractivity contribution in [2.75, 3.05) is 13.1 Å². The van der Waals surface area contributed by atoms with Crippen LogP contribution in [-0.2, 0) is 11.3 Å². The lowest BCUT2D eigenvalue weighted by atomic mass is 10.1. The lowest BCUT2D eigenvalue weighted by Crippen LogP contribution is -2.30. The standard InChI is InChI=1S/C24H25N3O3/c28-22(25-14-17-26-16-13-18-8-3-6-11-21(18)26)12-2-1-7-15-27-23(29)19-9-4-5-10-20(19)24(27)30/h3-6,8-11,13,16H,1-2,7,12,14-15,17H2,(H,25,28). The number of hydrogen-bond donors (Lipinski definition) is 1. The first-order chi connectivity index (χ1) is 14.6. The van der Waals surface area contributed by atoms with E-state index in [1.807, 2.05) is 18.3 Å². The van der Waals surface area contributed by atoms with Crippen molar-refractivity contribution >= 4 is 28.6 Å². The Balaban J connectivity index is 1.13. The third-order valence-corrected chi connectivity index (χ3v) is 5.52. The van der Waals surface area contributed by atoms with Gasteiger partial charge in [-0.05, 0) is 42.5 Å². The molecule has 3 amide bonds. The first-order valence-corrected chi connectivity index (χ1v) is 10.4. The van der Waals surface area contributed by atoms with E-state index in [2.05, 4.69) is 28.1 Å². The van der Waals surface area contributed by atoms with Crippen LogP contribution in [0.5, 0.6) is 0 Å². The monoisotopic (exact) mass is 403 g/mol. The number of nitrogens with one attached hydrogen (secondary N) is 1. The number of imide groups is 1. The van der Waals surface area contributed by atoms with Crippen molar-refractivity contribution in [2.24, 2.45) is 0 Å². The molecule has 1 aliphatic heterocycles. The van der Waals surface area contributed by atoms with Crippen LogP contribution < -0.4 is 5.32 Å². The average molecular weight is 403 g/mol. The van der Waals surface area contributed by atoms with Gasteiger partial charge in [0.05, 0.1) is 11.1 Å². The Labute approximate surface area is 175 Å². The molecule has 2 heterocycles. The summed E-state index contributed by atoms with van der Waals surface area (Å²) in [6.07, 6.45) is 4.73. The number of carbonyl (C=O) groups is 3. The average Bonchev–Trinajstić information content (AvgIpc) is 3.28. The largest absolute Gasteiger partial charge is 0.354 e. The topological polar surface area (TPSA) is 71.4 Å². The summed E-state index contributed by atoms with van der Waals surface area (Å²) in [7, 11) is 0. The van der Waals surface area contributed by atoms with Gasteiger partial charge in [-0.3, -0.25) is 19.3 Å². The van der Waals surface area contributed by atoms with Gasteiger partial charge in [-0.1, -0.05) is 36.8 Å². The fraction of sp³-hybridized carbons (Fsp3) is 0.292. The van der Waals surface area contributed by atoms with Crippen LogP contribution in [0.1, 0.15) is 46.4 Å². The quantitative estimate of drug-likeness (QED) is 0.438. The smallest absolute Gasteiger partial charge is 0.261 e. The predicted octanol–water partition coefficient (Wildman–Crippen LogP) is 3.61. The highest BCUT2D eigenvalue weighted by Gasteiger charge is 2.34. The van der Waals surface area contributed by atoms with Crippen LogP contribution in [0.25, 0.3) is 10.9 Å². The third-order valence-electron chi connectivity index (χ3n) is 5.52. The Morgan fingerprint density at radius 2 is 1.50 bits per heavy atom. The Hall–Kier alpha value is -3.41. The van der Waals surface area contributed by atoms with Gasteiger partial charge in [-0.2, -0.15) is 0 Å². The van der Waals surface area contributed by atoms with Crippen molar-refractivity contribution < 1.29 is 14.4 Å². The molecule has 0 radical (unpaired) electrons. The summed E-state index contributed by atoms with van der Waals surface area (Å²) >= 11 is 0. The molecular weight excluding hydrogens is 378 g/mol. The van der Waals surface area contributed by atoms with Crippen molar-refractivity contribution in [3.05, 3.63) is 71.9 Å². The molecular formula is C24H25N3O3. The molecule has 0 spiro atoms. The number of rotatable bonds is 9. The molecule has 0 saturated heterocycles. The second kappa shape index (κ2) is 8.95. The summed E-state index contributed by atoms with van der Waals surface area (Å²) in [4.78, 5) is 38.0. The zero-order valence-electron chi connectivity index (χ0n) is 16.8. The molecule has 6 nitrogen and oxygen atoms in total. The Morgan fingerprint density at radius 3 is 2.27 bits per heavy atom. The van der Waals surface area contributed by atoms with E-state index in [1.54, 1.807) is 24.3 Å². The van der Waals surface area contributed by atoms with E-state index in [0.29, 0.717) is 37.1 Å². The molecule has 2 aromatic carbocycles. The van der Waals surface area contributed by atoms with Crippen molar-refractivity contribution in [1.82, 2.24) is 14.8 Å². The summed E-state index contributed by atoms with van der Waals surface area (Å²) in [5.74, 6) is -0.399. The number of fused-ring (bicyclic) bond motifs is 2. The molecule has 154 valence electrons. The molecule has 0 atom stereocenters. The van der Waals surface area contributed by atoms with E-state index in [4.69, 9.17) is 0 Å². The van der Waals surface area contributed by atoms with Gasteiger partial charge < -0.3 is 9.88 Å². The third kappa shape index (κ3) is 4.13. The highest BCUT2D eigenvalue weighted by Crippen LogP contribution is 2.22. The van der Waals surface area contributed by atoms with Crippen LogP contribution in [0.4, 0.5) is 0 Å². The summed E-state index contributed by atoms with van der Waals surface area (Å²) in [5.41, 5.74) is 2.13. The fourth-order valence-electron chi connectivity index (χ4n) is 3.91. The minimum Gasteiger partial charge on any atom is -0.354 e.